The summed E-state index contributed by atoms with van der Waals surface area (Å²) in [6, 6.07) is 44.6. The monoisotopic (exact) mass is 515 g/mol. The van der Waals surface area contributed by atoms with E-state index in [9.17, 15) is 4.79 Å². The molecule has 4 aromatic carbocycles. The fourth-order valence-electron chi connectivity index (χ4n) is 4.63. The first kappa shape index (κ1) is 25.1. The van der Waals surface area contributed by atoms with Gasteiger partial charge in [-0.1, -0.05) is 78.4 Å². The Morgan fingerprint density at radius 1 is 0.684 bits per heavy atom. The minimum absolute atomic E-state index is 0.168. The summed E-state index contributed by atoms with van der Waals surface area (Å²) in [5.41, 5.74) is 8.89. The molecule has 0 aliphatic carbocycles. The zero-order valence-corrected chi connectivity index (χ0v) is 22.1. The normalized spacial score (nSPS) is 11.7. The fourth-order valence-corrected chi connectivity index (χ4v) is 8.79. The number of carbonyl (C=O) groups excluding carboxylic acids is 1. The van der Waals surface area contributed by atoms with Crippen LogP contribution in [0.2, 0.25) is 0 Å². The lowest BCUT2D eigenvalue weighted by atomic mass is 10.1. The topological polar surface area (TPSA) is 59.0 Å². The van der Waals surface area contributed by atoms with Crippen LogP contribution in [0.4, 0.5) is 5.82 Å². The van der Waals surface area contributed by atoms with Gasteiger partial charge in [0.1, 0.15) is 15.9 Å². The van der Waals surface area contributed by atoms with Crippen molar-refractivity contribution in [3.63, 3.8) is 0 Å². The number of hydrogen-bond acceptors (Lipinski definition) is 2. The van der Waals surface area contributed by atoms with Crippen molar-refractivity contribution < 1.29 is 9.36 Å². The van der Waals surface area contributed by atoms with Gasteiger partial charge in [0.2, 0.25) is 5.44 Å². The Hall–Kier alpha value is -4.53. The Balaban J connectivity index is 1.83. The number of rotatable bonds is 7. The third-order valence-electron chi connectivity index (χ3n) is 6.53. The second kappa shape index (κ2) is 11.2. The van der Waals surface area contributed by atoms with E-state index in [2.05, 4.69) is 78.1 Å². The molecule has 4 nitrogen and oxygen atoms in total. The summed E-state index contributed by atoms with van der Waals surface area (Å²) in [4.78, 5) is 13.8. The fraction of sp³-hybridized carbons (Fsp3) is 0.0303. The van der Waals surface area contributed by atoms with E-state index in [1.807, 2.05) is 84.6 Å². The maximum Gasteiger partial charge on any atom is 0.277 e. The molecule has 0 aliphatic rings. The third-order valence-corrected chi connectivity index (χ3v) is 10.7. The number of pyridine rings is 1. The van der Waals surface area contributed by atoms with Gasteiger partial charge in [0.15, 0.2) is 13.5 Å². The quantitative estimate of drug-likeness (QED) is 0.236. The molecule has 0 bridgehead atoms. The molecule has 5 aromatic rings. The molecular weight excluding hydrogens is 485 g/mol. The molecule has 186 valence electrons. The number of nitrogen functional groups attached to an aromatic ring is 1. The number of anilines is 1. The van der Waals surface area contributed by atoms with Crippen molar-refractivity contribution >= 4 is 41.1 Å². The van der Waals surface area contributed by atoms with Crippen LogP contribution >= 0.6 is 7.26 Å². The van der Waals surface area contributed by atoms with E-state index in [1.54, 1.807) is 0 Å². The van der Waals surface area contributed by atoms with Gasteiger partial charge in [0, 0.05) is 11.6 Å². The number of benzene rings is 4. The Kier molecular flexibility index (Phi) is 7.44. The third kappa shape index (κ3) is 5.00. The lowest BCUT2D eigenvalue weighted by Crippen LogP contribution is -2.41. The lowest BCUT2D eigenvalue weighted by molar-refractivity contribution is -0.552. The van der Waals surface area contributed by atoms with Crippen molar-refractivity contribution in [2.24, 2.45) is 0 Å². The van der Waals surface area contributed by atoms with Crippen LogP contribution in [-0.4, -0.2) is 5.91 Å². The number of aromatic nitrogens is 1. The van der Waals surface area contributed by atoms with Gasteiger partial charge in [0.25, 0.3) is 11.7 Å². The summed E-state index contributed by atoms with van der Waals surface area (Å²) >= 11 is 0. The van der Waals surface area contributed by atoms with Gasteiger partial charge >= 0.3 is 0 Å². The van der Waals surface area contributed by atoms with Crippen molar-refractivity contribution in [3.8, 4) is 0 Å². The summed E-state index contributed by atoms with van der Waals surface area (Å²) in [6.07, 6.45) is 3.88. The molecule has 0 saturated carbocycles. The van der Waals surface area contributed by atoms with Gasteiger partial charge in [-0.05, 0) is 61.5 Å². The molecule has 0 aliphatic heterocycles. The van der Waals surface area contributed by atoms with Crippen molar-refractivity contribution in [1.29, 1.82) is 0 Å². The van der Waals surface area contributed by atoms with Gasteiger partial charge in [-0.3, -0.25) is 15.8 Å². The summed E-state index contributed by atoms with van der Waals surface area (Å²) in [7, 11) is -2.58. The predicted molar refractivity (Wildman–Crippen MR) is 159 cm³/mol. The number of hydrogen-bond donors (Lipinski definition) is 2. The van der Waals surface area contributed by atoms with Crippen LogP contribution in [-0.2, 0) is 0 Å². The van der Waals surface area contributed by atoms with E-state index in [-0.39, 0.29) is 5.91 Å². The Bertz CT molecular complexity index is 1450. The van der Waals surface area contributed by atoms with Gasteiger partial charge in [-0.2, -0.15) is 0 Å². The van der Waals surface area contributed by atoms with Gasteiger partial charge in [-0.15, -0.1) is 0 Å². The Morgan fingerprint density at radius 2 is 1.16 bits per heavy atom. The van der Waals surface area contributed by atoms with E-state index < -0.39 is 7.26 Å². The van der Waals surface area contributed by atoms with Crippen LogP contribution in [0.15, 0.2) is 145 Å². The molecule has 0 atom stereocenters. The molecule has 0 radical (unpaired) electrons. The second-order valence-electron chi connectivity index (χ2n) is 9.04. The highest BCUT2D eigenvalue weighted by Crippen LogP contribution is 2.61. The summed E-state index contributed by atoms with van der Waals surface area (Å²) < 4.78 is 1.87. The largest absolute Gasteiger partial charge is 0.289 e. The summed E-state index contributed by atoms with van der Waals surface area (Å²) in [5, 5.41) is 6.74. The molecule has 5 heteroatoms. The lowest BCUT2D eigenvalue weighted by Gasteiger charge is -2.29. The standard InChI is InChI=1S/C33H28N3OP/c1-26-20-22-27(23-21-26)33(37)35-32(25-36-24-12-11-19-31(36)34)38(28-13-5-2-6-14-28,29-15-7-3-8-16-29)30-17-9-4-10-18-30/h2-25,34H,1H3/p+2/b32-25+. The summed E-state index contributed by atoms with van der Waals surface area (Å²) in [5.74, 6) is 0.403. The Labute approximate surface area is 224 Å². The minimum Gasteiger partial charge on any atom is -0.289 e. The number of nitrogens with one attached hydrogen (secondary N) is 1. The average Bonchev–Trinajstić information content (AvgIpc) is 2.97. The van der Waals surface area contributed by atoms with Crippen molar-refractivity contribution in [2.75, 3.05) is 5.73 Å². The van der Waals surface area contributed by atoms with E-state index in [4.69, 9.17) is 5.73 Å². The van der Waals surface area contributed by atoms with Gasteiger partial charge < -0.3 is 0 Å². The maximum atomic E-state index is 13.8. The van der Waals surface area contributed by atoms with E-state index in [1.165, 1.54) is 0 Å². The first-order valence-electron chi connectivity index (χ1n) is 12.5. The van der Waals surface area contributed by atoms with Crippen molar-refractivity contribution in [2.45, 2.75) is 6.92 Å². The molecule has 3 N–H and O–H groups in total. The molecule has 38 heavy (non-hydrogen) atoms. The van der Waals surface area contributed by atoms with Crippen molar-refractivity contribution in [1.82, 2.24) is 5.32 Å². The molecule has 0 saturated heterocycles. The first-order chi connectivity index (χ1) is 18.6. The average molecular weight is 516 g/mol. The minimum atomic E-state index is -2.58. The van der Waals surface area contributed by atoms with Gasteiger partial charge in [-0.25, -0.2) is 4.57 Å². The van der Waals surface area contributed by atoms with Crippen LogP contribution < -0.4 is 31.5 Å². The highest BCUT2D eigenvalue weighted by molar-refractivity contribution is 7.99. The molecule has 0 spiro atoms. The molecule has 5 rings (SSSR count). The number of amides is 1. The number of carbonyl (C=O) groups is 1. The first-order valence-corrected chi connectivity index (χ1v) is 14.3. The van der Waals surface area contributed by atoms with Crippen molar-refractivity contribution in [3.05, 3.63) is 156 Å². The molecule has 0 fully saturated rings. The molecule has 1 heterocycles. The predicted octanol–water partition coefficient (Wildman–Crippen LogP) is 5.04. The zero-order valence-electron chi connectivity index (χ0n) is 21.2. The highest BCUT2D eigenvalue weighted by atomic mass is 31.2. The van der Waals surface area contributed by atoms with Crippen LogP contribution in [0.25, 0.3) is 6.20 Å². The summed E-state index contributed by atoms with van der Waals surface area (Å²) in [6.45, 7) is 2.01. The number of nitrogens with zero attached hydrogens (tertiary/aromatic N) is 1. The number of aryl methyl sites for hydroxylation is 1. The second-order valence-corrected chi connectivity index (χ2v) is 12.4. The van der Waals surface area contributed by atoms with E-state index in [0.717, 1.165) is 26.9 Å². The molecule has 1 amide bonds. The Morgan fingerprint density at radius 3 is 1.63 bits per heavy atom. The SMILES string of the molecule is Cc1ccc(C(=O)N/C(=C\[n+]2ccccc2N)[P+](c2ccccc2)(c2ccccc2)c2ccccc2)cc1. The smallest absolute Gasteiger partial charge is 0.277 e. The van der Waals surface area contributed by atoms with Crippen LogP contribution in [0, 0.1) is 6.92 Å². The van der Waals surface area contributed by atoms with Gasteiger partial charge in [0.05, 0.1) is 6.20 Å². The molecule has 1 aromatic heterocycles. The maximum absolute atomic E-state index is 13.8. The molecular formula is C33H30N3OP+2. The van der Waals surface area contributed by atoms with E-state index in [0.29, 0.717) is 11.4 Å². The van der Waals surface area contributed by atoms with Crippen LogP contribution in [0.5, 0.6) is 0 Å². The van der Waals surface area contributed by atoms with Crippen LogP contribution in [0.1, 0.15) is 15.9 Å². The van der Waals surface area contributed by atoms with E-state index >= 15 is 0 Å². The highest BCUT2D eigenvalue weighted by Gasteiger charge is 2.51. The number of nitrogens with two attached hydrogens (primary N) is 1. The zero-order chi connectivity index (χ0) is 26.4. The molecule has 0 unspecified atom stereocenters. The van der Waals surface area contributed by atoms with Crippen LogP contribution in [0.3, 0.4) is 0 Å².